The van der Waals surface area contributed by atoms with E-state index in [0.717, 1.165) is 19.6 Å². The molecule has 0 spiro atoms. The zero-order chi connectivity index (χ0) is 14.8. The quantitative estimate of drug-likeness (QED) is 0.851. The van der Waals surface area contributed by atoms with E-state index in [4.69, 9.17) is 0 Å². The Kier molecular flexibility index (Phi) is 3.88. The molecular formula is C15H19FN4O. The number of hydrogen-bond acceptors (Lipinski definition) is 4. The van der Waals surface area contributed by atoms with Crippen molar-refractivity contribution in [2.45, 2.75) is 13.0 Å². The summed E-state index contributed by atoms with van der Waals surface area (Å²) in [7, 11) is 0. The average molecular weight is 290 g/mol. The molecule has 112 valence electrons. The monoisotopic (exact) mass is 290 g/mol. The number of halogens is 1. The fourth-order valence-corrected chi connectivity index (χ4v) is 2.85. The minimum atomic E-state index is -0.320. The van der Waals surface area contributed by atoms with E-state index in [2.05, 4.69) is 21.7 Å². The summed E-state index contributed by atoms with van der Waals surface area (Å²) < 4.78 is 14.0. The molecule has 0 radical (unpaired) electrons. The molecule has 1 atom stereocenters. The summed E-state index contributed by atoms with van der Waals surface area (Å²) in [6.07, 6.45) is 1.72. The third-order valence-electron chi connectivity index (χ3n) is 4.02. The zero-order valence-electron chi connectivity index (χ0n) is 12.1. The Labute approximate surface area is 122 Å². The predicted octanol–water partition coefficient (Wildman–Crippen LogP) is 1.17. The first kappa shape index (κ1) is 14.0. The van der Waals surface area contributed by atoms with E-state index >= 15 is 0 Å². The third kappa shape index (κ3) is 2.76. The number of piperazine rings is 1. The fourth-order valence-electron chi connectivity index (χ4n) is 2.85. The molecule has 6 heteroatoms. The molecule has 1 fully saturated rings. The lowest BCUT2D eigenvalue weighted by molar-refractivity contribution is 0.175. The van der Waals surface area contributed by atoms with Crippen LogP contribution in [0.4, 0.5) is 10.2 Å². The molecule has 1 aliphatic heterocycles. The normalized spacial score (nSPS) is 20.1. The van der Waals surface area contributed by atoms with Gasteiger partial charge in [-0.1, -0.05) is 6.07 Å². The van der Waals surface area contributed by atoms with Crippen LogP contribution >= 0.6 is 0 Å². The Bertz CT molecular complexity index is 687. The highest BCUT2D eigenvalue weighted by molar-refractivity contribution is 5.48. The van der Waals surface area contributed by atoms with Crippen LogP contribution in [0.3, 0.4) is 0 Å². The van der Waals surface area contributed by atoms with Crippen LogP contribution in [-0.4, -0.2) is 53.2 Å². The highest BCUT2D eigenvalue weighted by atomic mass is 19.1. The second-order valence-electron chi connectivity index (χ2n) is 5.40. The summed E-state index contributed by atoms with van der Waals surface area (Å²) in [5, 5.41) is 0. The summed E-state index contributed by atoms with van der Waals surface area (Å²) in [4.78, 5) is 20.9. The molecule has 3 heterocycles. The Balaban J connectivity index is 1.86. The molecule has 0 bridgehead atoms. The van der Waals surface area contributed by atoms with Gasteiger partial charge in [-0.3, -0.25) is 14.1 Å². The van der Waals surface area contributed by atoms with Gasteiger partial charge in [0.2, 0.25) is 0 Å². The van der Waals surface area contributed by atoms with Gasteiger partial charge in [-0.15, -0.1) is 0 Å². The van der Waals surface area contributed by atoms with Gasteiger partial charge >= 0.3 is 0 Å². The van der Waals surface area contributed by atoms with Crippen molar-refractivity contribution in [3.8, 4) is 0 Å². The van der Waals surface area contributed by atoms with Gasteiger partial charge < -0.3 is 4.90 Å². The summed E-state index contributed by atoms with van der Waals surface area (Å²) in [5.41, 5.74) is 0.577. The molecule has 0 amide bonds. The SMILES string of the molecule is C[C@@H]1CN(c2cc(=O)n3ccccc3n2)CCN1CCF. The maximum Gasteiger partial charge on any atom is 0.259 e. The summed E-state index contributed by atoms with van der Waals surface area (Å²) in [6.45, 7) is 4.55. The van der Waals surface area contributed by atoms with Crippen LogP contribution in [0.2, 0.25) is 0 Å². The lowest BCUT2D eigenvalue weighted by Gasteiger charge is -2.39. The molecule has 0 unspecified atom stereocenters. The number of alkyl halides is 1. The molecule has 0 aromatic carbocycles. The summed E-state index contributed by atoms with van der Waals surface area (Å²) in [6, 6.07) is 7.34. The first-order valence-corrected chi connectivity index (χ1v) is 7.22. The van der Waals surface area contributed by atoms with Crippen LogP contribution < -0.4 is 10.5 Å². The molecular weight excluding hydrogens is 271 g/mol. The van der Waals surface area contributed by atoms with Gasteiger partial charge in [0, 0.05) is 44.5 Å². The number of fused-ring (bicyclic) bond motifs is 1. The van der Waals surface area contributed by atoms with Crippen molar-refractivity contribution in [2.24, 2.45) is 0 Å². The maximum atomic E-state index is 12.5. The minimum Gasteiger partial charge on any atom is -0.354 e. The van der Waals surface area contributed by atoms with Crippen molar-refractivity contribution < 1.29 is 4.39 Å². The first-order valence-electron chi connectivity index (χ1n) is 7.22. The van der Waals surface area contributed by atoms with E-state index < -0.39 is 0 Å². The smallest absolute Gasteiger partial charge is 0.259 e. The van der Waals surface area contributed by atoms with Crippen LogP contribution in [0.5, 0.6) is 0 Å². The van der Waals surface area contributed by atoms with Crippen molar-refractivity contribution in [3.63, 3.8) is 0 Å². The second-order valence-corrected chi connectivity index (χ2v) is 5.40. The van der Waals surface area contributed by atoms with E-state index in [1.807, 2.05) is 18.2 Å². The van der Waals surface area contributed by atoms with Gasteiger partial charge in [-0.05, 0) is 19.1 Å². The molecule has 1 aliphatic rings. The molecule has 0 saturated carbocycles. The van der Waals surface area contributed by atoms with Crippen LogP contribution in [0.15, 0.2) is 35.3 Å². The second kappa shape index (κ2) is 5.81. The molecule has 2 aromatic rings. The predicted molar refractivity (Wildman–Crippen MR) is 80.7 cm³/mol. The van der Waals surface area contributed by atoms with Gasteiger partial charge in [0.05, 0.1) is 0 Å². The van der Waals surface area contributed by atoms with Gasteiger partial charge in [0.1, 0.15) is 18.1 Å². The van der Waals surface area contributed by atoms with Crippen molar-refractivity contribution in [2.75, 3.05) is 37.8 Å². The van der Waals surface area contributed by atoms with E-state index in [1.54, 1.807) is 12.3 Å². The number of anilines is 1. The molecule has 21 heavy (non-hydrogen) atoms. The fraction of sp³-hybridized carbons (Fsp3) is 0.467. The molecule has 0 aliphatic carbocycles. The number of hydrogen-bond donors (Lipinski definition) is 0. The highest BCUT2D eigenvalue weighted by Crippen LogP contribution is 2.16. The van der Waals surface area contributed by atoms with Crippen LogP contribution in [0.1, 0.15) is 6.92 Å². The van der Waals surface area contributed by atoms with Gasteiger partial charge in [0.15, 0.2) is 0 Å². The average Bonchev–Trinajstić information content (AvgIpc) is 2.49. The third-order valence-corrected chi connectivity index (χ3v) is 4.02. The van der Waals surface area contributed by atoms with Gasteiger partial charge in [0.25, 0.3) is 5.56 Å². The Morgan fingerprint density at radius 1 is 1.38 bits per heavy atom. The van der Waals surface area contributed by atoms with Gasteiger partial charge in [-0.2, -0.15) is 0 Å². The minimum absolute atomic E-state index is 0.0746. The molecule has 5 nitrogen and oxygen atoms in total. The zero-order valence-corrected chi connectivity index (χ0v) is 12.1. The highest BCUT2D eigenvalue weighted by Gasteiger charge is 2.24. The van der Waals surface area contributed by atoms with Crippen molar-refractivity contribution in [1.82, 2.24) is 14.3 Å². The summed E-state index contributed by atoms with van der Waals surface area (Å²) >= 11 is 0. The Morgan fingerprint density at radius 2 is 2.24 bits per heavy atom. The number of pyridine rings is 1. The maximum absolute atomic E-state index is 12.5. The van der Waals surface area contributed by atoms with Crippen molar-refractivity contribution in [1.29, 1.82) is 0 Å². The standard InChI is InChI=1S/C15H19FN4O/c1-12-11-19(9-8-18(12)7-5-16)14-10-15(21)20-6-3-2-4-13(20)17-14/h2-4,6,10,12H,5,7-9,11H2,1H3/t12-/m1/s1. The lowest BCUT2D eigenvalue weighted by atomic mass is 10.2. The van der Waals surface area contributed by atoms with Crippen LogP contribution in [0, 0.1) is 0 Å². The molecule has 3 rings (SSSR count). The Hall–Kier alpha value is -1.95. The first-order chi connectivity index (χ1) is 10.2. The van der Waals surface area contributed by atoms with E-state index in [9.17, 15) is 9.18 Å². The van der Waals surface area contributed by atoms with Crippen LogP contribution in [0.25, 0.3) is 5.65 Å². The number of rotatable bonds is 3. The molecule has 2 aromatic heterocycles. The number of aromatic nitrogens is 2. The summed E-state index contributed by atoms with van der Waals surface area (Å²) in [5.74, 6) is 0.706. The lowest BCUT2D eigenvalue weighted by Crippen LogP contribution is -2.52. The van der Waals surface area contributed by atoms with Crippen molar-refractivity contribution in [3.05, 3.63) is 40.8 Å². The topological polar surface area (TPSA) is 40.9 Å². The number of nitrogens with zero attached hydrogens (tertiary/aromatic N) is 4. The van der Waals surface area contributed by atoms with E-state index in [1.165, 1.54) is 4.40 Å². The van der Waals surface area contributed by atoms with Gasteiger partial charge in [-0.25, -0.2) is 9.37 Å². The van der Waals surface area contributed by atoms with Crippen molar-refractivity contribution >= 4 is 11.5 Å². The van der Waals surface area contributed by atoms with E-state index in [0.29, 0.717) is 18.0 Å². The van der Waals surface area contributed by atoms with E-state index in [-0.39, 0.29) is 18.3 Å². The molecule has 0 N–H and O–H groups in total. The Morgan fingerprint density at radius 3 is 3.00 bits per heavy atom. The molecule has 1 saturated heterocycles. The largest absolute Gasteiger partial charge is 0.354 e. The van der Waals surface area contributed by atoms with Crippen LogP contribution in [-0.2, 0) is 0 Å².